The van der Waals surface area contributed by atoms with Crippen LogP contribution in [0.3, 0.4) is 0 Å². The van der Waals surface area contributed by atoms with Crippen molar-refractivity contribution in [1.29, 1.82) is 0 Å². The van der Waals surface area contributed by atoms with Gasteiger partial charge in [0.2, 0.25) is 11.8 Å². The first-order chi connectivity index (χ1) is 10.7. The van der Waals surface area contributed by atoms with Crippen LogP contribution in [-0.4, -0.2) is 35.1 Å². The normalized spacial score (nSPS) is 17.0. The molecule has 1 atom stereocenters. The Bertz CT molecular complexity index is 652. The summed E-state index contributed by atoms with van der Waals surface area (Å²) in [7, 11) is 0. The van der Waals surface area contributed by atoms with Crippen molar-refractivity contribution >= 4 is 35.2 Å². The minimum absolute atomic E-state index is 0.0791. The van der Waals surface area contributed by atoms with Gasteiger partial charge in [0.05, 0.1) is 17.5 Å². The molecule has 1 aromatic rings. The maximum absolute atomic E-state index is 12.1. The van der Waals surface area contributed by atoms with E-state index in [1.807, 2.05) is 27.7 Å². The lowest BCUT2D eigenvalue weighted by molar-refractivity contribution is -0.121. The van der Waals surface area contributed by atoms with Crippen LogP contribution in [0.15, 0.2) is 23.1 Å². The highest BCUT2D eigenvalue weighted by atomic mass is 32.2. The molecule has 1 heterocycles. The number of carbonyl (C=O) groups is 3. The topological polar surface area (TPSA) is 87.3 Å². The number of hydrogen-bond donors (Lipinski definition) is 3. The van der Waals surface area contributed by atoms with Gasteiger partial charge in [0.1, 0.15) is 0 Å². The highest BCUT2D eigenvalue weighted by Crippen LogP contribution is 2.35. The standard InChI is InChI=1S/C16H21N3O3S/c1-9-14(21)18-11-7-10(5-6-12(11)23-9)15(22)17-8-13(20)19-16(2,3)4/h5-7,9H,8H2,1-4H3,(H,17,22)(H,18,21)(H,19,20). The number of thioether (sulfide) groups is 1. The minimum Gasteiger partial charge on any atom is -0.350 e. The predicted molar refractivity (Wildman–Crippen MR) is 90.6 cm³/mol. The number of carbonyl (C=O) groups excluding carboxylic acids is 3. The van der Waals surface area contributed by atoms with Crippen molar-refractivity contribution in [2.45, 2.75) is 43.4 Å². The van der Waals surface area contributed by atoms with Gasteiger partial charge in [-0.05, 0) is 45.9 Å². The number of rotatable bonds is 3. The van der Waals surface area contributed by atoms with Gasteiger partial charge in [-0.25, -0.2) is 0 Å². The molecule has 124 valence electrons. The second kappa shape index (κ2) is 6.62. The Balaban J connectivity index is 2.00. The van der Waals surface area contributed by atoms with Crippen LogP contribution in [0.25, 0.3) is 0 Å². The van der Waals surface area contributed by atoms with Crippen molar-refractivity contribution < 1.29 is 14.4 Å². The molecule has 0 saturated carbocycles. The van der Waals surface area contributed by atoms with Crippen molar-refractivity contribution in [3.05, 3.63) is 23.8 Å². The van der Waals surface area contributed by atoms with Crippen molar-refractivity contribution in [1.82, 2.24) is 10.6 Å². The van der Waals surface area contributed by atoms with Crippen molar-refractivity contribution in [2.75, 3.05) is 11.9 Å². The summed E-state index contributed by atoms with van der Waals surface area (Å²) in [5, 5.41) is 7.98. The molecule has 1 aliphatic rings. The fourth-order valence-corrected chi connectivity index (χ4v) is 3.01. The van der Waals surface area contributed by atoms with E-state index in [0.717, 1.165) is 4.90 Å². The Hall–Kier alpha value is -2.02. The van der Waals surface area contributed by atoms with E-state index in [2.05, 4.69) is 16.0 Å². The molecule has 7 heteroatoms. The van der Waals surface area contributed by atoms with E-state index in [9.17, 15) is 14.4 Å². The van der Waals surface area contributed by atoms with Gasteiger partial charge in [-0.15, -0.1) is 11.8 Å². The van der Waals surface area contributed by atoms with E-state index >= 15 is 0 Å². The van der Waals surface area contributed by atoms with Crippen molar-refractivity contribution in [3.8, 4) is 0 Å². The molecule has 0 radical (unpaired) electrons. The lowest BCUT2D eigenvalue weighted by Crippen LogP contribution is -2.45. The van der Waals surface area contributed by atoms with Crippen LogP contribution in [0.4, 0.5) is 5.69 Å². The summed E-state index contributed by atoms with van der Waals surface area (Å²) in [5.74, 6) is -0.680. The van der Waals surface area contributed by atoms with E-state index < -0.39 is 0 Å². The van der Waals surface area contributed by atoms with Gasteiger partial charge in [-0.2, -0.15) is 0 Å². The average molecular weight is 335 g/mol. The third-order valence-electron chi connectivity index (χ3n) is 3.10. The molecule has 23 heavy (non-hydrogen) atoms. The van der Waals surface area contributed by atoms with Gasteiger partial charge in [0, 0.05) is 16.0 Å². The molecular formula is C16H21N3O3S. The van der Waals surface area contributed by atoms with Crippen LogP contribution >= 0.6 is 11.8 Å². The fourth-order valence-electron chi connectivity index (χ4n) is 2.08. The smallest absolute Gasteiger partial charge is 0.251 e. The van der Waals surface area contributed by atoms with Gasteiger partial charge in [0.25, 0.3) is 5.91 Å². The minimum atomic E-state index is -0.352. The van der Waals surface area contributed by atoms with Gasteiger partial charge < -0.3 is 16.0 Å². The molecule has 1 unspecified atom stereocenters. The first-order valence-electron chi connectivity index (χ1n) is 7.36. The van der Waals surface area contributed by atoms with Crippen LogP contribution in [0.2, 0.25) is 0 Å². The molecule has 0 saturated heterocycles. The van der Waals surface area contributed by atoms with E-state index in [1.165, 1.54) is 11.8 Å². The van der Waals surface area contributed by atoms with Gasteiger partial charge in [0.15, 0.2) is 0 Å². The maximum atomic E-state index is 12.1. The SMILES string of the molecule is CC1Sc2ccc(C(=O)NCC(=O)NC(C)(C)C)cc2NC1=O. The molecule has 2 rings (SSSR count). The van der Waals surface area contributed by atoms with Gasteiger partial charge in [-0.3, -0.25) is 14.4 Å². The zero-order chi connectivity index (χ0) is 17.2. The molecule has 1 aliphatic heterocycles. The molecule has 0 fully saturated rings. The molecule has 0 spiro atoms. The number of anilines is 1. The van der Waals surface area contributed by atoms with Crippen molar-refractivity contribution in [2.24, 2.45) is 0 Å². The first-order valence-corrected chi connectivity index (χ1v) is 8.24. The number of fused-ring (bicyclic) bond motifs is 1. The molecule has 1 aromatic carbocycles. The Morgan fingerprint density at radius 2 is 2.00 bits per heavy atom. The summed E-state index contributed by atoms with van der Waals surface area (Å²) < 4.78 is 0. The lowest BCUT2D eigenvalue weighted by atomic mass is 10.1. The molecule has 0 aromatic heterocycles. The fraction of sp³-hybridized carbons (Fsp3) is 0.438. The third-order valence-corrected chi connectivity index (χ3v) is 4.27. The van der Waals surface area contributed by atoms with Crippen LogP contribution in [-0.2, 0) is 9.59 Å². The molecule has 0 aliphatic carbocycles. The summed E-state index contributed by atoms with van der Waals surface area (Å²) in [6.07, 6.45) is 0. The largest absolute Gasteiger partial charge is 0.350 e. The Labute approximate surface area is 139 Å². The highest BCUT2D eigenvalue weighted by Gasteiger charge is 2.24. The predicted octanol–water partition coefficient (Wildman–Crippen LogP) is 1.76. The molecular weight excluding hydrogens is 314 g/mol. The zero-order valence-electron chi connectivity index (χ0n) is 13.6. The molecule has 6 nitrogen and oxygen atoms in total. The number of benzene rings is 1. The van der Waals surface area contributed by atoms with E-state index in [-0.39, 0.29) is 35.1 Å². The van der Waals surface area contributed by atoms with Gasteiger partial charge in [-0.1, -0.05) is 0 Å². The summed E-state index contributed by atoms with van der Waals surface area (Å²) in [5.41, 5.74) is 0.693. The molecule has 3 N–H and O–H groups in total. The number of nitrogens with one attached hydrogen (secondary N) is 3. The average Bonchev–Trinajstić information content (AvgIpc) is 2.43. The van der Waals surface area contributed by atoms with Crippen LogP contribution in [0, 0.1) is 0 Å². The van der Waals surface area contributed by atoms with E-state index in [0.29, 0.717) is 11.3 Å². The lowest BCUT2D eigenvalue weighted by Gasteiger charge is -2.22. The molecule has 3 amide bonds. The van der Waals surface area contributed by atoms with Crippen LogP contribution in [0.5, 0.6) is 0 Å². The van der Waals surface area contributed by atoms with E-state index in [4.69, 9.17) is 0 Å². The summed E-state index contributed by atoms with van der Waals surface area (Å²) in [6.45, 7) is 7.36. The Morgan fingerprint density at radius 3 is 2.65 bits per heavy atom. The highest BCUT2D eigenvalue weighted by molar-refractivity contribution is 8.00. The van der Waals surface area contributed by atoms with Crippen molar-refractivity contribution in [3.63, 3.8) is 0 Å². The number of hydrogen-bond acceptors (Lipinski definition) is 4. The Morgan fingerprint density at radius 1 is 1.30 bits per heavy atom. The van der Waals surface area contributed by atoms with Crippen LogP contribution in [0.1, 0.15) is 38.1 Å². The second-order valence-corrected chi connectivity index (χ2v) is 7.82. The summed E-state index contributed by atoms with van der Waals surface area (Å²) in [4.78, 5) is 36.5. The van der Waals surface area contributed by atoms with E-state index in [1.54, 1.807) is 18.2 Å². The maximum Gasteiger partial charge on any atom is 0.251 e. The quantitative estimate of drug-likeness (QED) is 0.785. The second-order valence-electron chi connectivity index (χ2n) is 6.44. The monoisotopic (exact) mass is 335 g/mol. The number of amides is 3. The summed E-state index contributed by atoms with van der Waals surface area (Å²) >= 11 is 1.46. The molecule has 0 bridgehead atoms. The summed E-state index contributed by atoms with van der Waals surface area (Å²) in [6, 6.07) is 5.12. The first kappa shape index (κ1) is 17.3. The third kappa shape index (κ3) is 4.72. The van der Waals surface area contributed by atoms with Crippen LogP contribution < -0.4 is 16.0 Å². The van der Waals surface area contributed by atoms with Gasteiger partial charge >= 0.3 is 0 Å². The Kier molecular flexibility index (Phi) is 4.99. The zero-order valence-corrected chi connectivity index (χ0v) is 14.5.